The van der Waals surface area contributed by atoms with Crippen molar-refractivity contribution in [3.05, 3.63) is 70.6 Å². The van der Waals surface area contributed by atoms with Crippen LogP contribution in [0.4, 0.5) is 5.69 Å². The van der Waals surface area contributed by atoms with E-state index in [-0.39, 0.29) is 22.0 Å². The Morgan fingerprint density at radius 1 is 1.08 bits per heavy atom. The monoisotopic (exact) mass is 341 g/mol. The lowest BCUT2D eigenvalue weighted by molar-refractivity contribution is 0.473. The Morgan fingerprint density at radius 2 is 1.83 bits per heavy atom. The van der Waals surface area contributed by atoms with Crippen LogP contribution in [0.15, 0.2) is 68.8 Å². The summed E-state index contributed by atoms with van der Waals surface area (Å²) in [6, 6.07) is 12.7. The predicted octanol–water partition coefficient (Wildman–Crippen LogP) is 1.57. The molecule has 3 aromatic rings. The lowest BCUT2D eigenvalue weighted by Crippen LogP contribution is -2.30. The van der Waals surface area contributed by atoms with Crippen molar-refractivity contribution in [3.8, 4) is 5.75 Å². The second-order valence-electron chi connectivity index (χ2n) is 5.24. The van der Waals surface area contributed by atoms with E-state index in [1.165, 1.54) is 22.7 Å². The van der Waals surface area contributed by atoms with Crippen LogP contribution in [0, 0.1) is 0 Å². The number of nitrogens with zero attached hydrogens (tertiary/aromatic N) is 2. The molecule has 0 saturated heterocycles. The van der Waals surface area contributed by atoms with Gasteiger partial charge in [-0.25, -0.2) is 0 Å². The van der Waals surface area contributed by atoms with Crippen LogP contribution in [-0.4, -0.2) is 23.8 Å². The standard InChI is InChI=1S/C16H11N3O4S/c20-12-9-10-5-3-4-8-19(10)16(21)14(12)15-17-11-6-1-2-7-13(11)24(22,23)18-15/h1-9,20H,(H,17,18). The second kappa shape index (κ2) is 4.93. The third kappa shape index (κ3) is 2.08. The minimum atomic E-state index is -3.96. The quantitative estimate of drug-likeness (QED) is 0.700. The lowest BCUT2D eigenvalue weighted by atomic mass is 10.2. The molecule has 0 aliphatic carbocycles. The van der Waals surface area contributed by atoms with Gasteiger partial charge in [0.25, 0.3) is 15.6 Å². The van der Waals surface area contributed by atoms with E-state index in [2.05, 4.69) is 9.71 Å². The number of sulfonamides is 1. The van der Waals surface area contributed by atoms with Crippen molar-refractivity contribution in [1.82, 2.24) is 4.40 Å². The van der Waals surface area contributed by atoms with Gasteiger partial charge in [-0.05, 0) is 24.3 Å². The number of amidine groups is 1. The fraction of sp³-hybridized carbons (Fsp3) is 0. The largest absolute Gasteiger partial charge is 0.507 e. The minimum Gasteiger partial charge on any atom is -0.507 e. The summed E-state index contributed by atoms with van der Waals surface area (Å²) in [6.07, 6.45) is 1.53. The number of pyridine rings is 2. The molecule has 7 nitrogen and oxygen atoms in total. The molecule has 4 rings (SSSR count). The second-order valence-corrected chi connectivity index (χ2v) is 6.81. The molecule has 0 fully saturated rings. The Kier molecular flexibility index (Phi) is 2.97. The number of hydrogen-bond donors (Lipinski definition) is 2. The zero-order valence-electron chi connectivity index (χ0n) is 12.2. The minimum absolute atomic E-state index is 0.0223. The normalized spacial score (nSPS) is 15.4. The third-order valence-electron chi connectivity index (χ3n) is 3.73. The SMILES string of the molecule is O=c1c(C2=NS(=O)(=O)c3ccccc3N2)c(O)cc2ccccn12. The van der Waals surface area contributed by atoms with Crippen molar-refractivity contribution >= 4 is 27.1 Å². The summed E-state index contributed by atoms with van der Waals surface area (Å²) >= 11 is 0. The first-order valence-electron chi connectivity index (χ1n) is 7.02. The highest BCUT2D eigenvalue weighted by Crippen LogP contribution is 2.29. The van der Waals surface area contributed by atoms with E-state index in [1.807, 2.05) is 0 Å². The first kappa shape index (κ1) is 14.5. The molecule has 2 aromatic heterocycles. The molecule has 1 aliphatic rings. The lowest BCUT2D eigenvalue weighted by Gasteiger charge is -2.18. The number of benzene rings is 1. The number of para-hydroxylation sites is 1. The molecule has 2 N–H and O–H groups in total. The Morgan fingerprint density at radius 3 is 2.67 bits per heavy atom. The van der Waals surface area contributed by atoms with Crippen LogP contribution in [0.5, 0.6) is 5.75 Å². The van der Waals surface area contributed by atoms with E-state index in [1.54, 1.807) is 36.4 Å². The van der Waals surface area contributed by atoms with Gasteiger partial charge in [0, 0.05) is 12.3 Å². The van der Waals surface area contributed by atoms with Crippen LogP contribution < -0.4 is 10.9 Å². The van der Waals surface area contributed by atoms with Crippen molar-refractivity contribution < 1.29 is 13.5 Å². The highest BCUT2D eigenvalue weighted by Gasteiger charge is 2.28. The molecule has 3 heterocycles. The Bertz CT molecular complexity index is 1180. The van der Waals surface area contributed by atoms with E-state index in [0.29, 0.717) is 11.2 Å². The van der Waals surface area contributed by atoms with Gasteiger partial charge in [0.2, 0.25) is 0 Å². The molecular formula is C16H11N3O4S. The molecule has 8 heteroatoms. The average Bonchev–Trinajstić information content (AvgIpc) is 2.54. The molecule has 1 aromatic carbocycles. The van der Waals surface area contributed by atoms with E-state index in [9.17, 15) is 18.3 Å². The van der Waals surface area contributed by atoms with E-state index < -0.39 is 15.6 Å². The van der Waals surface area contributed by atoms with Crippen LogP contribution in [-0.2, 0) is 10.0 Å². The summed E-state index contributed by atoms with van der Waals surface area (Å²) < 4.78 is 29.6. The van der Waals surface area contributed by atoms with Crippen molar-refractivity contribution in [2.45, 2.75) is 4.90 Å². The number of fused-ring (bicyclic) bond motifs is 2. The molecule has 1 aliphatic heterocycles. The first-order chi connectivity index (χ1) is 11.5. The Hall–Kier alpha value is -3.13. The highest BCUT2D eigenvalue weighted by atomic mass is 32.2. The molecule has 0 atom stereocenters. The fourth-order valence-electron chi connectivity index (χ4n) is 2.65. The summed E-state index contributed by atoms with van der Waals surface area (Å²) in [5.74, 6) is -0.540. The smallest absolute Gasteiger partial charge is 0.286 e. The predicted molar refractivity (Wildman–Crippen MR) is 89.1 cm³/mol. The summed E-state index contributed by atoms with van der Waals surface area (Å²) in [5, 5.41) is 13.0. The molecule has 0 saturated carbocycles. The maximum atomic E-state index is 12.7. The molecule has 0 bridgehead atoms. The van der Waals surface area contributed by atoms with Gasteiger partial charge >= 0.3 is 0 Å². The van der Waals surface area contributed by atoms with Crippen molar-refractivity contribution in [2.24, 2.45) is 4.40 Å². The molecule has 0 radical (unpaired) electrons. The number of hydrogen-bond acceptors (Lipinski definition) is 5. The Labute approximate surface area is 136 Å². The van der Waals surface area contributed by atoms with E-state index in [4.69, 9.17) is 0 Å². The van der Waals surface area contributed by atoms with E-state index >= 15 is 0 Å². The maximum absolute atomic E-state index is 12.7. The van der Waals surface area contributed by atoms with Crippen LogP contribution in [0.2, 0.25) is 0 Å². The van der Waals surface area contributed by atoms with Crippen molar-refractivity contribution in [2.75, 3.05) is 5.32 Å². The number of aromatic hydroxyl groups is 1. The molecule has 0 unspecified atom stereocenters. The van der Waals surface area contributed by atoms with Crippen LogP contribution in [0.1, 0.15) is 5.56 Å². The highest BCUT2D eigenvalue weighted by molar-refractivity contribution is 7.90. The summed E-state index contributed by atoms with van der Waals surface area (Å²) in [7, 11) is -3.96. The van der Waals surface area contributed by atoms with Gasteiger partial charge < -0.3 is 10.4 Å². The third-order valence-corrected chi connectivity index (χ3v) is 5.07. The van der Waals surface area contributed by atoms with Gasteiger partial charge in [0.05, 0.1) is 11.2 Å². The molecule has 0 amide bonds. The van der Waals surface area contributed by atoms with Gasteiger partial charge in [-0.1, -0.05) is 18.2 Å². The van der Waals surface area contributed by atoms with Gasteiger partial charge in [-0.3, -0.25) is 9.20 Å². The molecule has 120 valence electrons. The van der Waals surface area contributed by atoms with Crippen LogP contribution in [0.3, 0.4) is 0 Å². The number of aromatic nitrogens is 1. The van der Waals surface area contributed by atoms with Gasteiger partial charge in [0.1, 0.15) is 16.2 Å². The van der Waals surface area contributed by atoms with Gasteiger partial charge in [0.15, 0.2) is 5.84 Å². The summed E-state index contributed by atoms with van der Waals surface area (Å²) in [6.45, 7) is 0. The van der Waals surface area contributed by atoms with Crippen LogP contribution >= 0.6 is 0 Å². The van der Waals surface area contributed by atoms with E-state index in [0.717, 1.165) is 0 Å². The number of rotatable bonds is 1. The zero-order valence-corrected chi connectivity index (χ0v) is 13.0. The van der Waals surface area contributed by atoms with Crippen molar-refractivity contribution in [3.63, 3.8) is 0 Å². The van der Waals surface area contributed by atoms with Crippen LogP contribution in [0.25, 0.3) is 5.52 Å². The average molecular weight is 341 g/mol. The fourth-order valence-corrected chi connectivity index (χ4v) is 3.77. The number of nitrogens with one attached hydrogen (secondary N) is 1. The van der Waals surface area contributed by atoms with Crippen molar-refractivity contribution in [1.29, 1.82) is 0 Å². The first-order valence-corrected chi connectivity index (χ1v) is 8.46. The molecule has 24 heavy (non-hydrogen) atoms. The topological polar surface area (TPSA) is 100 Å². The van der Waals surface area contributed by atoms with Gasteiger partial charge in [-0.2, -0.15) is 8.42 Å². The molecule has 0 spiro atoms. The number of anilines is 1. The maximum Gasteiger partial charge on any atom is 0.286 e. The van der Waals surface area contributed by atoms with Gasteiger partial charge in [-0.15, -0.1) is 4.40 Å². The Balaban J connectivity index is 2.00. The summed E-state index contributed by atoms with van der Waals surface area (Å²) in [5.41, 5.74) is 0.0334. The zero-order chi connectivity index (χ0) is 16.9. The molecular weight excluding hydrogens is 330 g/mol. The summed E-state index contributed by atoms with van der Waals surface area (Å²) in [4.78, 5) is 12.7.